The molecule has 5 aliphatic carbocycles. The molecular formula is C89H67F8N23O9. The fourth-order valence-electron chi connectivity index (χ4n) is 16.5. The van der Waals surface area contributed by atoms with Gasteiger partial charge in [-0.25, -0.2) is 59.9 Å². The van der Waals surface area contributed by atoms with E-state index in [2.05, 4.69) is 111 Å². The van der Waals surface area contributed by atoms with Gasteiger partial charge >= 0.3 is 5.97 Å². The van der Waals surface area contributed by atoms with Gasteiger partial charge in [-0.1, -0.05) is 48.5 Å². The fraction of sp³-hybridized carbons (Fsp3) is 0.236. The van der Waals surface area contributed by atoms with Crippen molar-refractivity contribution >= 4 is 64.3 Å². The molecule has 3 aliphatic heterocycles. The number of aromatic nitrogens is 12. The second-order valence-electron chi connectivity index (χ2n) is 31.7. The van der Waals surface area contributed by atoms with E-state index in [0.717, 1.165) is 52.9 Å². The summed E-state index contributed by atoms with van der Waals surface area (Å²) in [5.41, 5.74) is 13.2. The zero-order valence-electron chi connectivity index (χ0n) is 66.8. The van der Waals surface area contributed by atoms with Crippen LogP contribution in [0.1, 0.15) is 187 Å². The van der Waals surface area contributed by atoms with Crippen molar-refractivity contribution in [3.63, 3.8) is 0 Å². The maximum absolute atomic E-state index is 14.2. The first kappa shape index (κ1) is 86.2. The number of hydrogen-bond donors (Lipinski definition) is 12. The number of carboxylic acids is 1. The van der Waals surface area contributed by atoms with Gasteiger partial charge in [0.1, 0.15) is 88.0 Å². The quantitative estimate of drug-likeness (QED) is 0.0425. The number of carbonyl (C=O) groups is 8. The number of carboxylic acid groups (broad SMARTS) is 1. The van der Waals surface area contributed by atoms with Gasteiger partial charge in [-0.05, 0) is 196 Å². The lowest BCUT2D eigenvalue weighted by atomic mass is 9.99. The number of anilines is 3. The predicted octanol–water partition coefficient (Wildman–Crippen LogP) is 9.68. The van der Waals surface area contributed by atoms with Crippen molar-refractivity contribution in [3.8, 4) is 24.3 Å². The smallest absolute Gasteiger partial charge is 0.375 e. The number of H-pyrrole nitrogens is 4. The highest BCUT2D eigenvalue weighted by atomic mass is 19.2. The van der Waals surface area contributed by atoms with Crippen molar-refractivity contribution in [2.75, 3.05) is 16.0 Å². The Labute approximate surface area is 723 Å². The van der Waals surface area contributed by atoms with E-state index < -0.39 is 112 Å². The van der Waals surface area contributed by atoms with Crippen LogP contribution in [0.3, 0.4) is 0 Å². The molecule has 4 saturated carbocycles. The van der Waals surface area contributed by atoms with Crippen molar-refractivity contribution in [3.05, 3.63) is 311 Å². The number of benzene rings is 8. The number of halogens is 8. The van der Waals surface area contributed by atoms with E-state index in [4.69, 9.17) is 31.9 Å². The molecule has 13 N–H and O–H groups in total. The van der Waals surface area contributed by atoms with Crippen LogP contribution in [-0.4, -0.2) is 137 Å². The molecule has 8 aliphatic rings. The first-order valence-electron chi connectivity index (χ1n) is 40.0. The van der Waals surface area contributed by atoms with Crippen molar-refractivity contribution in [1.82, 2.24) is 76.7 Å². The number of nitriles is 4. The molecule has 4 fully saturated rings. The summed E-state index contributed by atoms with van der Waals surface area (Å²) in [6.45, 7) is 0. The Morgan fingerprint density at radius 2 is 0.667 bits per heavy atom. The van der Waals surface area contributed by atoms with Gasteiger partial charge in [0.05, 0.1) is 69.6 Å². The second-order valence-corrected chi connectivity index (χ2v) is 31.7. The molecule has 32 nitrogen and oxygen atoms in total. The Hall–Kier alpha value is -16.4. The highest BCUT2D eigenvalue weighted by Gasteiger charge is 2.55. The van der Waals surface area contributed by atoms with E-state index in [-0.39, 0.29) is 99.9 Å². The molecule has 6 amide bonds. The van der Waals surface area contributed by atoms with Crippen molar-refractivity contribution in [1.29, 1.82) is 21.0 Å². The SMILES string of the molecule is N#Cc1cccc(Cc2nc(C(=O)N[C@@H]3C(=O)Nc4c(F)cc(F)cc4[C@@H]4CC34)n[nH]2)c1.N#Cc1cccc(Cc2nc(C(=O)N[C@@H]3C(=O)Nc4c(F)cc(F)cc4[C@@H]4C[C@H]34)n[nH]2)c1.N#Cc1cccc(Cc2nc(C(=O)N[C@H]3C(=O)Nc4c(F)cc(F)cc4[C@H]4C[C@H]43)n[nH]2)c1.N#Cc1cccc(Cc2nc(C(=O)O)n[nH]2)c1.N[C@@H]1C(=O)Cc2c(F)cc(F)cc2[C@@H]2CC12. The van der Waals surface area contributed by atoms with Crippen molar-refractivity contribution in [2.45, 2.75) is 106 Å². The molecule has 648 valence electrons. The van der Waals surface area contributed by atoms with Crippen LogP contribution in [-0.2, 0) is 51.3 Å². The summed E-state index contributed by atoms with van der Waals surface area (Å²) in [5.74, 6) is -11.1. The van der Waals surface area contributed by atoms with Crippen LogP contribution in [0.2, 0.25) is 0 Å². The summed E-state index contributed by atoms with van der Waals surface area (Å²) in [6, 6.07) is 40.9. The van der Waals surface area contributed by atoms with Gasteiger partial charge in [-0.2, -0.15) is 21.0 Å². The first-order chi connectivity index (χ1) is 62.0. The maximum atomic E-state index is 14.2. The molecule has 12 atom stereocenters. The molecule has 7 heterocycles. The summed E-state index contributed by atoms with van der Waals surface area (Å²) in [6.07, 6.45) is 3.78. The minimum absolute atomic E-state index is 0.00435. The minimum Gasteiger partial charge on any atom is -0.475 e. The molecule has 0 spiro atoms. The number of rotatable bonds is 15. The predicted molar refractivity (Wildman–Crippen MR) is 434 cm³/mol. The largest absolute Gasteiger partial charge is 0.475 e. The van der Waals surface area contributed by atoms with Gasteiger partial charge in [0.15, 0.2) is 5.78 Å². The Morgan fingerprint density at radius 3 is 0.969 bits per heavy atom. The molecular weight excluding hydrogens is 1690 g/mol. The van der Waals surface area contributed by atoms with E-state index in [1.165, 1.54) is 24.3 Å². The summed E-state index contributed by atoms with van der Waals surface area (Å²) in [4.78, 5) is 115. The number of fused-ring (bicyclic) bond motifs is 12. The van der Waals surface area contributed by atoms with Crippen LogP contribution in [0.5, 0.6) is 0 Å². The molecule has 129 heavy (non-hydrogen) atoms. The van der Waals surface area contributed by atoms with E-state index in [1.807, 2.05) is 30.3 Å². The number of hydrogen-bond acceptors (Lipinski definition) is 21. The van der Waals surface area contributed by atoms with E-state index in [1.54, 1.807) is 72.8 Å². The number of carbonyl (C=O) groups excluding carboxylic acids is 7. The molecule has 4 aromatic heterocycles. The molecule has 20 rings (SSSR count). The lowest BCUT2D eigenvalue weighted by Gasteiger charge is -2.15. The normalized spacial score (nSPS) is 20.8. The maximum Gasteiger partial charge on any atom is 0.375 e. The van der Waals surface area contributed by atoms with Gasteiger partial charge in [-0.15, -0.1) is 20.4 Å². The van der Waals surface area contributed by atoms with Gasteiger partial charge in [0.25, 0.3) is 23.5 Å². The number of amides is 6. The number of ketones is 1. The third-order valence-corrected chi connectivity index (χ3v) is 23.0. The highest BCUT2D eigenvalue weighted by Crippen LogP contribution is 2.57. The molecule has 40 heteroatoms. The van der Waals surface area contributed by atoms with Crippen LogP contribution in [0.15, 0.2) is 146 Å². The molecule has 0 saturated heterocycles. The fourth-order valence-corrected chi connectivity index (χ4v) is 16.5. The minimum atomic E-state index is -1.17. The molecule has 8 aromatic carbocycles. The lowest BCUT2D eigenvalue weighted by molar-refractivity contribution is -0.120. The first-order valence-corrected chi connectivity index (χ1v) is 40.0. The topological polar surface area (TPSA) is 516 Å². The van der Waals surface area contributed by atoms with Crippen LogP contribution in [0, 0.1) is 116 Å². The van der Waals surface area contributed by atoms with Gasteiger partial charge < -0.3 is 42.7 Å². The Bertz CT molecular complexity index is 6290. The number of aromatic carboxylic acids is 1. The standard InChI is InChI=1S/3C22H16F2N6O2.C12H11F2NO.C11H8N4O2/c3*23-12-6-14-13-8-15(13)19(21(31)27-18(14)16(24)7-12)28-22(32)20-26-17(29-30-20)5-10-2-1-3-11(4-10)9-25;13-5-1-6-7-3-9(7)12(15)11(16)4-8(6)10(14)2-5;12-6-8-3-1-2-7(4-8)5-9-13-10(11(16)17)15-14-9/h3*1-4,6-7,13,15,19H,5,8H2,(H,27,31)(H,28,32)(H,26,29,30);1-2,7,9,12H,3-4,15H2;1-4H,5H2,(H,16,17)(H,13,14,15)/t13-,15?,19-;2*13-,15-,19-;7-,9?,12-;/m0100./s1. The summed E-state index contributed by atoms with van der Waals surface area (Å²) in [7, 11) is 0. The monoisotopic (exact) mass is 1750 g/mol. The summed E-state index contributed by atoms with van der Waals surface area (Å²) in [5, 5.41) is 85.6. The molecule has 12 aromatic rings. The molecule has 2 unspecified atom stereocenters. The number of Topliss-reactive ketones (excluding diaryl/α,β-unsaturated/α-hetero) is 1. The highest BCUT2D eigenvalue weighted by molar-refractivity contribution is 6.04. The van der Waals surface area contributed by atoms with Gasteiger partial charge in [-0.3, -0.25) is 54.0 Å². The Balaban J connectivity index is 0.000000121. The second kappa shape index (κ2) is 36.1. The van der Waals surface area contributed by atoms with E-state index in [9.17, 15) is 73.5 Å². The van der Waals surface area contributed by atoms with Gasteiger partial charge in [0, 0.05) is 56.4 Å². The number of aromatic amines is 4. The van der Waals surface area contributed by atoms with Crippen molar-refractivity contribution in [2.24, 2.45) is 29.4 Å². The zero-order valence-corrected chi connectivity index (χ0v) is 66.8. The van der Waals surface area contributed by atoms with Gasteiger partial charge in [0.2, 0.25) is 35.2 Å². The number of nitrogens with one attached hydrogen (secondary N) is 10. The van der Waals surface area contributed by atoms with Crippen LogP contribution >= 0.6 is 0 Å². The van der Waals surface area contributed by atoms with Crippen LogP contribution in [0.25, 0.3) is 0 Å². The average molecular weight is 1750 g/mol. The summed E-state index contributed by atoms with van der Waals surface area (Å²) >= 11 is 0. The van der Waals surface area contributed by atoms with E-state index >= 15 is 0 Å². The number of nitrogens with two attached hydrogens (primary N) is 1. The van der Waals surface area contributed by atoms with E-state index in [0.29, 0.717) is 118 Å². The van der Waals surface area contributed by atoms with Crippen LogP contribution < -0.4 is 37.6 Å². The average Bonchev–Trinajstić information content (AvgIpc) is 1.63. The third-order valence-electron chi connectivity index (χ3n) is 23.0. The summed E-state index contributed by atoms with van der Waals surface area (Å²) < 4.78 is 110. The Morgan fingerprint density at radius 1 is 0.388 bits per heavy atom. The molecule has 0 radical (unpaired) electrons. The lowest BCUT2D eigenvalue weighted by Crippen LogP contribution is -2.45. The van der Waals surface area contributed by atoms with Crippen molar-refractivity contribution < 1.29 is 78.6 Å². The molecule has 0 bridgehead atoms. The number of nitrogens with zero attached hydrogens (tertiary/aromatic N) is 12. The Kier molecular flexibility index (Phi) is 24.1. The van der Waals surface area contributed by atoms with Crippen LogP contribution in [0.4, 0.5) is 52.2 Å². The third kappa shape index (κ3) is 19.3. The zero-order chi connectivity index (χ0) is 90.9.